The van der Waals surface area contributed by atoms with E-state index in [1.165, 1.54) is 12.0 Å². The van der Waals surface area contributed by atoms with E-state index < -0.39 is 6.10 Å². The van der Waals surface area contributed by atoms with E-state index in [1.54, 1.807) is 13.1 Å². The maximum absolute atomic E-state index is 12.2. The second-order valence-corrected chi connectivity index (χ2v) is 4.81. The van der Waals surface area contributed by atoms with Gasteiger partial charge in [-0.2, -0.15) is 0 Å². The first kappa shape index (κ1) is 15.0. The minimum atomic E-state index is -0.677. The molecule has 1 aromatic carbocycles. The summed E-state index contributed by atoms with van der Waals surface area (Å²) in [5, 5.41) is 9.61. The Morgan fingerprint density at radius 3 is 2.83 bits per heavy atom. The molecule has 0 spiro atoms. The molecule has 0 radical (unpaired) electrons. The predicted octanol–water partition coefficient (Wildman–Crippen LogP) is 1.36. The van der Waals surface area contributed by atoms with Gasteiger partial charge in [0.05, 0.1) is 12.7 Å². The fourth-order valence-electron chi connectivity index (χ4n) is 1.69. The number of amides is 1. The van der Waals surface area contributed by atoms with E-state index in [1.807, 2.05) is 19.1 Å². The van der Waals surface area contributed by atoms with Crippen LogP contribution in [0.15, 0.2) is 23.1 Å². The molecule has 0 aliphatic heterocycles. The third-order valence-electron chi connectivity index (χ3n) is 2.64. The van der Waals surface area contributed by atoms with Crippen molar-refractivity contribution in [3.63, 3.8) is 0 Å². The lowest BCUT2D eigenvalue weighted by Gasteiger charge is -2.21. The Kier molecular flexibility index (Phi) is 5.65. The number of aryl methyl sites for hydroxylation is 1. The van der Waals surface area contributed by atoms with Gasteiger partial charge < -0.3 is 14.7 Å². The average molecular weight is 269 g/mol. The minimum absolute atomic E-state index is 0.126. The van der Waals surface area contributed by atoms with Crippen molar-refractivity contribution in [1.29, 1.82) is 0 Å². The van der Waals surface area contributed by atoms with Gasteiger partial charge in [-0.15, -0.1) is 12.6 Å². The van der Waals surface area contributed by atoms with Crippen LogP contribution < -0.4 is 0 Å². The Labute approximate surface area is 113 Å². The Morgan fingerprint density at radius 1 is 1.56 bits per heavy atom. The number of hydrogen-bond donors (Lipinski definition) is 2. The molecule has 0 bridgehead atoms. The highest BCUT2D eigenvalue weighted by molar-refractivity contribution is 7.80. The molecule has 18 heavy (non-hydrogen) atoms. The van der Waals surface area contributed by atoms with Crippen LogP contribution in [0, 0.1) is 6.92 Å². The number of hydrogen-bond acceptors (Lipinski definition) is 4. The van der Waals surface area contributed by atoms with Gasteiger partial charge in [0.25, 0.3) is 5.91 Å². The second kappa shape index (κ2) is 6.78. The first-order valence-corrected chi connectivity index (χ1v) is 6.12. The van der Waals surface area contributed by atoms with Crippen LogP contribution in [-0.4, -0.2) is 49.3 Å². The maximum atomic E-state index is 12.2. The molecule has 0 saturated heterocycles. The standard InChI is InChI=1S/C13H19NO3S/c1-9-4-5-11(18)6-12(9)13(16)14(2)7-10(15)8-17-3/h4-6,10,15,18H,7-8H2,1-3H3. The fraction of sp³-hybridized carbons (Fsp3) is 0.462. The smallest absolute Gasteiger partial charge is 0.253 e. The predicted molar refractivity (Wildman–Crippen MR) is 73.3 cm³/mol. The molecule has 0 aliphatic carbocycles. The third-order valence-corrected chi connectivity index (χ3v) is 2.92. The van der Waals surface area contributed by atoms with E-state index in [9.17, 15) is 9.90 Å². The topological polar surface area (TPSA) is 49.8 Å². The van der Waals surface area contributed by atoms with E-state index >= 15 is 0 Å². The molecule has 0 aromatic heterocycles. The van der Waals surface area contributed by atoms with Crippen LogP contribution >= 0.6 is 12.6 Å². The zero-order chi connectivity index (χ0) is 13.7. The second-order valence-electron chi connectivity index (χ2n) is 4.29. The highest BCUT2D eigenvalue weighted by atomic mass is 32.1. The van der Waals surface area contributed by atoms with Gasteiger partial charge in [-0.25, -0.2) is 0 Å². The summed E-state index contributed by atoms with van der Waals surface area (Å²) in [4.78, 5) is 14.4. The van der Waals surface area contributed by atoms with Gasteiger partial charge in [-0.3, -0.25) is 4.79 Å². The Bertz CT molecular complexity index is 423. The minimum Gasteiger partial charge on any atom is -0.389 e. The number of carbonyl (C=O) groups excluding carboxylic acids is 1. The lowest BCUT2D eigenvalue weighted by molar-refractivity contribution is 0.0380. The van der Waals surface area contributed by atoms with Crippen LogP contribution in [-0.2, 0) is 4.74 Å². The monoisotopic (exact) mass is 269 g/mol. The Balaban J connectivity index is 2.77. The highest BCUT2D eigenvalue weighted by Crippen LogP contribution is 2.15. The van der Waals surface area contributed by atoms with Gasteiger partial charge in [0.1, 0.15) is 0 Å². The molecule has 0 aliphatic rings. The summed E-state index contributed by atoms with van der Waals surface area (Å²) >= 11 is 4.23. The third kappa shape index (κ3) is 4.01. The van der Waals surface area contributed by atoms with Gasteiger partial charge in [-0.1, -0.05) is 6.07 Å². The average Bonchev–Trinajstić information content (AvgIpc) is 2.31. The SMILES string of the molecule is COCC(O)CN(C)C(=O)c1cc(S)ccc1C. The van der Waals surface area contributed by atoms with Crippen molar-refractivity contribution in [2.24, 2.45) is 0 Å². The number of nitrogens with zero attached hydrogens (tertiary/aromatic N) is 1. The number of carbonyl (C=O) groups is 1. The summed E-state index contributed by atoms with van der Waals surface area (Å²) in [5.41, 5.74) is 1.50. The van der Waals surface area contributed by atoms with E-state index in [4.69, 9.17) is 4.74 Å². The van der Waals surface area contributed by atoms with Crippen LogP contribution in [0.25, 0.3) is 0 Å². The van der Waals surface area contributed by atoms with E-state index in [2.05, 4.69) is 12.6 Å². The van der Waals surface area contributed by atoms with Gasteiger partial charge in [0, 0.05) is 31.2 Å². The molecule has 1 unspecified atom stereocenters. The molecule has 1 atom stereocenters. The summed E-state index contributed by atoms with van der Waals surface area (Å²) in [6.07, 6.45) is -0.677. The molecule has 1 rings (SSSR count). The molecule has 100 valence electrons. The Hall–Kier alpha value is -1.04. The zero-order valence-corrected chi connectivity index (χ0v) is 11.8. The number of aliphatic hydroxyl groups excluding tert-OH is 1. The Morgan fingerprint density at radius 2 is 2.22 bits per heavy atom. The molecule has 1 aromatic rings. The number of aliphatic hydroxyl groups is 1. The van der Waals surface area contributed by atoms with Gasteiger partial charge in [0.15, 0.2) is 0 Å². The number of ether oxygens (including phenoxy) is 1. The van der Waals surface area contributed by atoms with E-state index in [-0.39, 0.29) is 19.1 Å². The van der Waals surface area contributed by atoms with Crippen LogP contribution in [0.5, 0.6) is 0 Å². The number of benzene rings is 1. The molecule has 0 heterocycles. The van der Waals surface area contributed by atoms with Gasteiger partial charge in [0.2, 0.25) is 0 Å². The quantitative estimate of drug-likeness (QED) is 0.794. The number of likely N-dealkylation sites (N-methyl/N-ethyl adjacent to an activating group) is 1. The van der Waals surface area contributed by atoms with Crippen molar-refractivity contribution < 1.29 is 14.6 Å². The molecule has 4 nitrogen and oxygen atoms in total. The molecule has 1 amide bonds. The fourth-order valence-corrected chi connectivity index (χ4v) is 1.89. The van der Waals surface area contributed by atoms with Crippen molar-refractivity contribution in [3.8, 4) is 0 Å². The first-order valence-electron chi connectivity index (χ1n) is 5.67. The molecule has 0 fully saturated rings. The zero-order valence-electron chi connectivity index (χ0n) is 10.9. The maximum Gasteiger partial charge on any atom is 0.253 e. The summed E-state index contributed by atoms with van der Waals surface area (Å²) < 4.78 is 4.83. The van der Waals surface area contributed by atoms with Crippen LogP contribution in [0.1, 0.15) is 15.9 Å². The summed E-state index contributed by atoms with van der Waals surface area (Å²) in [6, 6.07) is 5.43. The lowest BCUT2D eigenvalue weighted by atomic mass is 10.1. The number of thiol groups is 1. The van der Waals surface area contributed by atoms with Crippen LogP contribution in [0.4, 0.5) is 0 Å². The number of rotatable bonds is 5. The van der Waals surface area contributed by atoms with Crippen molar-refractivity contribution in [2.45, 2.75) is 17.9 Å². The first-order chi connectivity index (χ1) is 8.45. The number of methoxy groups -OCH3 is 1. The van der Waals surface area contributed by atoms with E-state index in [0.29, 0.717) is 5.56 Å². The van der Waals surface area contributed by atoms with Crippen molar-refractivity contribution >= 4 is 18.5 Å². The van der Waals surface area contributed by atoms with E-state index in [0.717, 1.165) is 10.5 Å². The molecule has 5 heteroatoms. The normalized spacial score (nSPS) is 12.3. The lowest BCUT2D eigenvalue weighted by Crippen LogP contribution is -2.36. The van der Waals surface area contributed by atoms with Crippen molar-refractivity contribution in [2.75, 3.05) is 27.3 Å². The highest BCUT2D eigenvalue weighted by Gasteiger charge is 2.17. The molecule has 0 saturated carbocycles. The molecular weight excluding hydrogens is 250 g/mol. The van der Waals surface area contributed by atoms with Gasteiger partial charge in [-0.05, 0) is 24.6 Å². The molecule has 1 N–H and O–H groups in total. The summed E-state index contributed by atoms with van der Waals surface area (Å²) in [5.74, 6) is -0.126. The van der Waals surface area contributed by atoms with Crippen LogP contribution in [0.2, 0.25) is 0 Å². The largest absolute Gasteiger partial charge is 0.389 e. The van der Waals surface area contributed by atoms with Gasteiger partial charge >= 0.3 is 0 Å². The summed E-state index contributed by atoms with van der Waals surface area (Å²) in [7, 11) is 3.17. The van der Waals surface area contributed by atoms with Crippen molar-refractivity contribution in [3.05, 3.63) is 29.3 Å². The van der Waals surface area contributed by atoms with Crippen LogP contribution in [0.3, 0.4) is 0 Å². The van der Waals surface area contributed by atoms with Crippen molar-refractivity contribution in [1.82, 2.24) is 4.90 Å². The summed E-state index contributed by atoms with van der Waals surface area (Å²) in [6.45, 7) is 2.33. The molecular formula is C13H19NO3S.